The van der Waals surface area contributed by atoms with Gasteiger partial charge in [-0.1, -0.05) is 30.3 Å². The van der Waals surface area contributed by atoms with Crippen molar-refractivity contribution < 1.29 is 4.92 Å². The Morgan fingerprint density at radius 3 is 2.26 bits per heavy atom. The Bertz CT molecular complexity index is 901. The van der Waals surface area contributed by atoms with Crippen LogP contribution in [0.25, 0.3) is 21.8 Å². The largest absolute Gasteiger partial charge is 0.269 e. The molecule has 0 spiro atoms. The van der Waals surface area contributed by atoms with E-state index in [1.807, 2.05) is 24.4 Å². The topological polar surface area (TPSA) is 68.9 Å². The predicted molar refractivity (Wildman–Crippen MR) is 90.1 cm³/mol. The third-order valence-corrected chi connectivity index (χ3v) is 3.32. The molecule has 0 aliphatic heterocycles. The fourth-order valence-corrected chi connectivity index (χ4v) is 2.25. The van der Waals surface area contributed by atoms with Crippen molar-refractivity contribution in [2.75, 3.05) is 0 Å². The minimum absolute atomic E-state index is 0.137. The van der Waals surface area contributed by atoms with Crippen LogP contribution in [0.2, 0.25) is 0 Å². The number of para-hydroxylation sites is 1. The lowest BCUT2D eigenvalue weighted by atomic mass is 10.1. The summed E-state index contributed by atoms with van der Waals surface area (Å²) >= 11 is 0. The third-order valence-electron chi connectivity index (χ3n) is 3.32. The molecule has 0 saturated carbocycles. The smallest absolute Gasteiger partial charge is 0.258 e. The van der Waals surface area contributed by atoms with Crippen molar-refractivity contribution in [3.8, 4) is 0 Å². The number of hydrogen-bond acceptors (Lipinski definition) is 4. The molecular weight excluding hydrogens is 290 g/mol. The first-order valence-corrected chi connectivity index (χ1v) is 7.03. The molecule has 2 aromatic carbocycles. The standard InChI is InChI=1S/C12H8N2.C6H5NO2/c1-3-9-5-6-11-10(4-2-7-13-11)12(9)14-8-1;8-7(9)6-4-2-1-3-5-6/h1-8H;1-5H. The number of nitro benzene ring substituents is 1. The molecule has 0 N–H and O–H groups in total. The molecule has 0 bridgehead atoms. The van der Waals surface area contributed by atoms with Crippen LogP contribution in [0.4, 0.5) is 5.69 Å². The quantitative estimate of drug-likeness (QED) is 0.297. The molecule has 2 aromatic heterocycles. The fourth-order valence-electron chi connectivity index (χ4n) is 2.25. The van der Waals surface area contributed by atoms with E-state index in [-0.39, 0.29) is 5.69 Å². The molecule has 2 heterocycles. The lowest BCUT2D eigenvalue weighted by molar-refractivity contribution is -0.384. The molecular formula is C18H13N3O2. The fraction of sp³-hybridized carbons (Fsp3) is 0. The van der Waals surface area contributed by atoms with Crippen LogP contribution in [0.1, 0.15) is 0 Å². The van der Waals surface area contributed by atoms with E-state index in [4.69, 9.17) is 0 Å². The highest BCUT2D eigenvalue weighted by molar-refractivity contribution is 6.03. The summed E-state index contributed by atoms with van der Waals surface area (Å²) in [5.74, 6) is 0. The molecule has 5 nitrogen and oxygen atoms in total. The summed E-state index contributed by atoms with van der Waals surface area (Å²) < 4.78 is 0. The summed E-state index contributed by atoms with van der Waals surface area (Å²) in [6, 6.07) is 20.0. The van der Waals surface area contributed by atoms with Gasteiger partial charge in [0.05, 0.1) is 16.0 Å². The van der Waals surface area contributed by atoms with Gasteiger partial charge in [-0.15, -0.1) is 0 Å². The van der Waals surface area contributed by atoms with Crippen molar-refractivity contribution in [3.05, 3.63) is 89.2 Å². The van der Waals surface area contributed by atoms with Gasteiger partial charge < -0.3 is 0 Å². The Balaban J connectivity index is 0.000000151. The molecule has 4 aromatic rings. The maximum absolute atomic E-state index is 10.0. The summed E-state index contributed by atoms with van der Waals surface area (Å²) in [4.78, 5) is 18.3. The second-order valence-corrected chi connectivity index (χ2v) is 4.80. The van der Waals surface area contributed by atoms with E-state index in [1.54, 1.807) is 24.4 Å². The number of aromatic nitrogens is 2. The van der Waals surface area contributed by atoms with Crippen LogP contribution in [-0.2, 0) is 0 Å². The molecule has 112 valence electrons. The molecule has 0 radical (unpaired) electrons. The van der Waals surface area contributed by atoms with Gasteiger partial charge in [-0.25, -0.2) is 0 Å². The molecule has 23 heavy (non-hydrogen) atoms. The Kier molecular flexibility index (Phi) is 4.20. The highest BCUT2D eigenvalue weighted by atomic mass is 16.6. The first kappa shape index (κ1) is 14.6. The highest BCUT2D eigenvalue weighted by Gasteiger charge is 2.00. The van der Waals surface area contributed by atoms with Gasteiger partial charge in [0, 0.05) is 35.3 Å². The van der Waals surface area contributed by atoms with Crippen molar-refractivity contribution in [2.45, 2.75) is 0 Å². The molecule has 0 unspecified atom stereocenters. The van der Waals surface area contributed by atoms with E-state index in [9.17, 15) is 10.1 Å². The summed E-state index contributed by atoms with van der Waals surface area (Å²) in [5.41, 5.74) is 2.16. The summed E-state index contributed by atoms with van der Waals surface area (Å²) in [6.07, 6.45) is 3.62. The van der Waals surface area contributed by atoms with Crippen molar-refractivity contribution in [1.82, 2.24) is 9.97 Å². The SMILES string of the molecule is O=[N+]([O-])c1ccccc1.c1cnc2c(c1)ccc1ncccc12. The Hall–Kier alpha value is -3.34. The van der Waals surface area contributed by atoms with Gasteiger partial charge in [-0.2, -0.15) is 0 Å². The Labute approximate surface area is 132 Å². The number of rotatable bonds is 1. The molecule has 0 aliphatic carbocycles. The van der Waals surface area contributed by atoms with Crippen molar-refractivity contribution in [3.63, 3.8) is 0 Å². The van der Waals surface area contributed by atoms with E-state index in [0.29, 0.717) is 0 Å². The van der Waals surface area contributed by atoms with Gasteiger partial charge in [0.2, 0.25) is 0 Å². The number of pyridine rings is 2. The van der Waals surface area contributed by atoms with Crippen molar-refractivity contribution in [2.24, 2.45) is 0 Å². The summed E-state index contributed by atoms with van der Waals surface area (Å²) in [6.45, 7) is 0. The van der Waals surface area contributed by atoms with Crippen LogP contribution in [-0.4, -0.2) is 14.9 Å². The Morgan fingerprint density at radius 1 is 0.783 bits per heavy atom. The van der Waals surface area contributed by atoms with Gasteiger partial charge in [-0.05, 0) is 24.3 Å². The van der Waals surface area contributed by atoms with Crippen LogP contribution in [0, 0.1) is 10.1 Å². The predicted octanol–water partition coefficient (Wildman–Crippen LogP) is 4.38. The Morgan fingerprint density at radius 2 is 1.52 bits per heavy atom. The number of benzene rings is 2. The van der Waals surface area contributed by atoms with Gasteiger partial charge in [0.25, 0.3) is 5.69 Å². The number of nitrogens with zero attached hydrogens (tertiary/aromatic N) is 3. The maximum Gasteiger partial charge on any atom is 0.269 e. The number of fused-ring (bicyclic) bond motifs is 3. The van der Waals surface area contributed by atoms with Crippen molar-refractivity contribution in [1.29, 1.82) is 0 Å². The molecule has 4 rings (SSSR count). The van der Waals surface area contributed by atoms with E-state index in [2.05, 4.69) is 28.2 Å². The molecule has 0 amide bonds. The first-order valence-electron chi connectivity index (χ1n) is 7.03. The van der Waals surface area contributed by atoms with Gasteiger partial charge in [0.1, 0.15) is 0 Å². The molecule has 5 heteroatoms. The molecule has 0 saturated heterocycles. The van der Waals surface area contributed by atoms with Crippen LogP contribution in [0.3, 0.4) is 0 Å². The van der Waals surface area contributed by atoms with Gasteiger partial charge in [0.15, 0.2) is 0 Å². The zero-order chi connectivity index (χ0) is 16.1. The summed E-state index contributed by atoms with van der Waals surface area (Å²) in [7, 11) is 0. The molecule has 0 atom stereocenters. The third kappa shape index (κ3) is 3.29. The van der Waals surface area contributed by atoms with Crippen LogP contribution >= 0.6 is 0 Å². The normalized spacial score (nSPS) is 10.1. The van der Waals surface area contributed by atoms with Gasteiger partial charge in [-0.3, -0.25) is 20.1 Å². The number of nitro groups is 1. The monoisotopic (exact) mass is 303 g/mol. The second-order valence-electron chi connectivity index (χ2n) is 4.80. The summed E-state index contributed by atoms with van der Waals surface area (Å²) in [5, 5.41) is 12.3. The van der Waals surface area contributed by atoms with Crippen LogP contribution in [0.15, 0.2) is 79.1 Å². The van der Waals surface area contributed by atoms with Crippen LogP contribution < -0.4 is 0 Å². The van der Waals surface area contributed by atoms with Crippen LogP contribution in [0.5, 0.6) is 0 Å². The van der Waals surface area contributed by atoms with E-state index in [0.717, 1.165) is 21.8 Å². The first-order chi connectivity index (χ1) is 11.3. The van der Waals surface area contributed by atoms with E-state index >= 15 is 0 Å². The zero-order valence-electron chi connectivity index (χ0n) is 12.2. The van der Waals surface area contributed by atoms with Gasteiger partial charge >= 0.3 is 0 Å². The minimum Gasteiger partial charge on any atom is -0.258 e. The maximum atomic E-state index is 10.0. The average Bonchev–Trinajstić information content (AvgIpc) is 2.63. The molecule has 0 aliphatic rings. The molecule has 0 fully saturated rings. The minimum atomic E-state index is -0.417. The van der Waals surface area contributed by atoms with E-state index < -0.39 is 4.92 Å². The number of hydrogen-bond donors (Lipinski definition) is 0. The average molecular weight is 303 g/mol. The van der Waals surface area contributed by atoms with Crippen molar-refractivity contribution >= 4 is 27.5 Å². The zero-order valence-corrected chi connectivity index (χ0v) is 12.2. The second kappa shape index (κ2) is 6.62. The van der Waals surface area contributed by atoms with E-state index in [1.165, 1.54) is 12.1 Å². The lowest BCUT2D eigenvalue weighted by Crippen LogP contribution is -1.84. The highest BCUT2D eigenvalue weighted by Crippen LogP contribution is 2.20. The lowest BCUT2D eigenvalue weighted by Gasteiger charge is -2.00. The number of non-ortho nitro benzene ring substituents is 1.